The average Bonchev–Trinajstić information content (AvgIpc) is 2.18. The normalized spacial score (nSPS) is 18.1. The molecule has 0 unspecified atom stereocenters. The van der Waals surface area contributed by atoms with Gasteiger partial charge in [-0.25, -0.2) is 0 Å². The van der Waals surface area contributed by atoms with E-state index in [1.807, 2.05) is 18.2 Å². The van der Waals surface area contributed by atoms with E-state index in [0.717, 1.165) is 34.4 Å². The maximum Gasteiger partial charge on any atom is 0.0906 e. The van der Waals surface area contributed by atoms with Gasteiger partial charge in [0.1, 0.15) is 0 Å². The highest BCUT2D eigenvalue weighted by molar-refractivity contribution is 9.10. The first-order valence-electron chi connectivity index (χ1n) is 4.06. The lowest BCUT2D eigenvalue weighted by atomic mass is 10.0. The number of rotatable bonds is 0. The van der Waals surface area contributed by atoms with Crippen LogP contribution in [0.1, 0.15) is 12.0 Å². The summed E-state index contributed by atoms with van der Waals surface area (Å²) in [6.45, 7) is 0.814. The number of oxime groups is 1. The highest BCUT2D eigenvalue weighted by atomic mass is 79.9. The molecule has 13 heavy (non-hydrogen) atoms. The summed E-state index contributed by atoms with van der Waals surface area (Å²) in [6.07, 6.45) is 0.764. The molecular formula is C9H9BrN2O. The summed E-state index contributed by atoms with van der Waals surface area (Å²) in [7, 11) is 0. The van der Waals surface area contributed by atoms with Crippen LogP contribution in [0.2, 0.25) is 0 Å². The second-order valence-electron chi connectivity index (χ2n) is 2.89. The number of hydrogen-bond donors (Lipinski definition) is 2. The Labute approximate surface area is 84.6 Å². The molecule has 0 fully saturated rings. The van der Waals surface area contributed by atoms with Crippen molar-refractivity contribution in [2.75, 3.05) is 11.9 Å². The van der Waals surface area contributed by atoms with Gasteiger partial charge in [0.25, 0.3) is 0 Å². The molecule has 1 heterocycles. The SMILES string of the molecule is O/N=C1\CCNc2c(Br)cccc21. The number of fused-ring (bicyclic) bond motifs is 1. The molecule has 2 N–H and O–H groups in total. The van der Waals surface area contributed by atoms with E-state index in [-0.39, 0.29) is 0 Å². The summed E-state index contributed by atoms with van der Waals surface area (Å²) < 4.78 is 1.01. The Morgan fingerprint density at radius 3 is 3.08 bits per heavy atom. The predicted octanol–water partition coefficient (Wildman–Crippen LogP) is 2.44. The molecule has 0 spiro atoms. The Morgan fingerprint density at radius 1 is 1.46 bits per heavy atom. The Bertz CT molecular complexity index is 363. The summed E-state index contributed by atoms with van der Waals surface area (Å²) in [4.78, 5) is 0. The zero-order chi connectivity index (χ0) is 9.26. The van der Waals surface area contributed by atoms with Gasteiger partial charge in [-0.1, -0.05) is 17.3 Å². The molecule has 0 aliphatic carbocycles. The Hall–Kier alpha value is -1.03. The van der Waals surface area contributed by atoms with Crippen LogP contribution in [0.25, 0.3) is 0 Å². The number of nitrogens with zero attached hydrogens (tertiary/aromatic N) is 1. The Morgan fingerprint density at radius 2 is 2.31 bits per heavy atom. The minimum absolute atomic E-state index is 0.745. The van der Waals surface area contributed by atoms with Crippen molar-refractivity contribution < 1.29 is 5.21 Å². The van der Waals surface area contributed by atoms with Gasteiger partial charge >= 0.3 is 0 Å². The van der Waals surface area contributed by atoms with Crippen LogP contribution < -0.4 is 5.32 Å². The predicted molar refractivity (Wildman–Crippen MR) is 55.6 cm³/mol. The van der Waals surface area contributed by atoms with Gasteiger partial charge in [-0.15, -0.1) is 0 Å². The van der Waals surface area contributed by atoms with E-state index in [1.54, 1.807) is 0 Å². The van der Waals surface area contributed by atoms with Crippen LogP contribution in [-0.4, -0.2) is 17.5 Å². The molecule has 0 saturated carbocycles. The van der Waals surface area contributed by atoms with Gasteiger partial charge in [0.05, 0.1) is 11.4 Å². The molecule has 1 aliphatic heterocycles. The number of benzene rings is 1. The number of hydrogen-bond acceptors (Lipinski definition) is 3. The van der Waals surface area contributed by atoms with Crippen LogP contribution in [0.5, 0.6) is 0 Å². The van der Waals surface area contributed by atoms with Crippen molar-refractivity contribution in [1.29, 1.82) is 0 Å². The van der Waals surface area contributed by atoms with E-state index in [1.165, 1.54) is 0 Å². The van der Waals surface area contributed by atoms with Crippen molar-refractivity contribution in [3.05, 3.63) is 28.2 Å². The summed E-state index contributed by atoms with van der Waals surface area (Å²) in [6, 6.07) is 5.84. The third-order valence-corrected chi connectivity index (χ3v) is 2.77. The highest BCUT2D eigenvalue weighted by Crippen LogP contribution is 2.30. The Balaban J connectivity index is 2.58. The fraction of sp³-hybridized carbons (Fsp3) is 0.222. The standard InChI is InChI=1S/C9H9BrN2O/c10-7-3-1-2-6-8(12-13)4-5-11-9(6)7/h1-3,11,13H,4-5H2/b12-8+. The van der Waals surface area contributed by atoms with Crippen LogP contribution >= 0.6 is 15.9 Å². The molecule has 3 nitrogen and oxygen atoms in total. The smallest absolute Gasteiger partial charge is 0.0906 e. The van der Waals surface area contributed by atoms with E-state index < -0.39 is 0 Å². The molecule has 0 atom stereocenters. The lowest BCUT2D eigenvalue weighted by Crippen LogP contribution is -2.18. The lowest BCUT2D eigenvalue weighted by Gasteiger charge is -2.19. The molecule has 0 amide bonds. The van der Waals surface area contributed by atoms with Crippen molar-refractivity contribution in [3.63, 3.8) is 0 Å². The second-order valence-corrected chi connectivity index (χ2v) is 3.74. The molecule has 0 radical (unpaired) electrons. The van der Waals surface area contributed by atoms with Gasteiger partial charge in [0.2, 0.25) is 0 Å². The quantitative estimate of drug-likeness (QED) is 0.541. The van der Waals surface area contributed by atoms with Gasteiger partial charge in [-0.3, -0.25) is 0 Å². The van der Waals surface area contributed by atoms with Crippen molar-refractivity contribution >= 4 is 27.3 Å². The van der Waals surface area contributed by atoms with Gasteiger partial charge < -0.3 is 10.5 Å². The van der Waals surface area contributed by atoms with E-state index in [4.69, 9.17) is 5.21 Å². The molecule has 1 aliphatic rings. The first kappa shape index (κ1) is 8.56. The molecule has 68 valence electrons. The van der Waals surface area contributed by atoms with Gasteiger partial charge in [0.15, 0.2) is 0 Å². The zero-order valence-corrected chi connectivity index (χ0v) is 8.50. The number of anilines is 1. The lowest BCUT2D eigenvalue weighted by molar-refractivity contribution is 0.318. The van der Waals surface area contributed by atoms with Crippen molar-refractivity contribution in [3.8, 4) is 0 Å². The molecular weight excluding hydrogens is 232 g/mol. The van der Waals surface area contributed by atoms with E-state index in [0.29, 0.717) is 0 Å². The Kier molecular flexibility index (Phi) is 2.22. The highest BCUT2D eigenvalue weighted by Gasteiger charge is 2.16. The summed E-state index contributed by atoms with van der Waals surface area (Å²) >= 11 is 3.44. The molecule has 2 rings (SSSR count). The zero-order valence-electron chi connectivity index (χ0n) is 6.92. The van der Waals surface area contributed by atoms with Crippen LogP contribution in [0, 0.1) is 0 Å². The summed E-state index contributed by atoms with van der Waals surface area (Å²) in [5.74, 6) is 0. The van der Waals surface area contributed by atoms with Crippen LogP contribution in [0.15, 0.2) is 27.8 Å². The molecule has 1 aromatic carbocycles. The minimum atomic E-state index is 0.745. The number of halogens is 1. The van der Waals surface area contributed by atoms with Gasteiger partial charge in [0, 0.05) is 23.0 Å². The molecule has 0 aromatic heterocycles. The van der Waals surface area contributed by atoms with Gasteiger partial charge in [-0.2, -0.15) is 0 Å². The van der Waals surface area contributed by atoms with E-state index in [9.17, 15) is 0 Å². The van der Waals surface area contributed by atoms with Crippen LogP contribution in [0.4, 0.5) is 5.69 Å². The second kappa shape index (κ2) is 3.38. The molecule has 0 bridgehead atoms. The molecule has 0 saturated heterocycles. The molecule has 1 aromatic rings. The third-order valence-electron chi connectivity index (χ3n) is 2.11. The van der Waals surface area contributed by atoms with Crippen molar-refractivity contribution in [2.45, 2.75) is 6.42 Å². The van der Waals surface area contributed by atoms with Crippen LogP contribution in [0.3, 0.4) is 0 Å². The summed E-state index contributed by atoms with van der Waals surface area (Å²) in [5, 5.41) is 15.3. The van der Waals surface area contributed by atoms with Crippen LogP contribution in [-0.2, 0) is 0 Å². The van der Waals surface area contributed by atoms with Gasteiger partial charge in [-0.05, 0) is 22.0 Å². The number of para-hydroxylation sites is 1. The van der Waals surface area contributed by atoms with Crippen molar-refractivity contribution in [2.24, 2.45) is 5.16 Å². The largest absolute Gasteiger partial charge is 0.411 e. The maximum atomic E-state index is 8.77. The monoisotopic (exact) mass is 240 g/mol. The summed E-state index contributed by atoms with van der Waals surface area (Å²) in [5.41, 5.74) is 2.74. The average molecular weight is 241 g/mol. The fourth-order valence-corrected chi connectivity index (χ4v) is 2.00. The van der Waals surface area contributed by atoms with Crippen molar-refractivity contribution in [1.82, 2.24) is 0 Å². The minimum Gasteiger partial charge on any atom is -0.411 e. The fourth-order valence-electron chi connectivity index (χ4n) is 1.49. The first-order chi connectivity index (χ1) is 6.33. The maximum absolute atomic E-state index is 8.77. The number of nitrogens with one attached hydrogen (secondary N) is 1. The van der Waals surface area contributed by atoms with E-state index in [2.05, 4.69) is 26.4 Å². The third kappa shape index (κ3) is 1.42. The molecule has 4 heteroatoms. The first-order valence-corrected chi connectivity index (χ1v) is 4.86. The topological polar surface area (TPSA) is 44.6 Å². The van der Waals surface area contributed by atoms with E-state index >= 15 is 0 Å².